The number of rotatable bonds is 4. The summed E-state index contributed by atoms with van der Waals surface area (Å²) in [7, 11) is 1.45. The zero-order valence-corrected chi connectivity index (χ0v) is 10.5. The van der Waals surface area contributed by atoms with Crippen molar-refractivity contribution in [2.24, 2.45) is 0 Å². The molecule has 0 aliphatic rings. The molecule has 0 aliphatic carbocycles. The molecule has 2 nitrogen and oxygen atoms in total. The van der Waals surface area contributed by atoms with Crippen LogP contribution in [0.25, 0.3) is 0 Å². The summed E-state index contributed by atoms with van der Waals surface area (Å²) in [6.07, 6.45) is 1.73. The Balaban J connectivity index is 3.14. The lowest BCUT2D eigenvalue weighted by molar-refractivity contribution is -0.142. The van der Waals surface area contributed by atoms with E-state index in [1.807, 2.05) is 6.92 Å². The van der Waals surface area contributed by atoms with E-state index in [0.717, 1.165) is 18.4 Å². The normalized spacial score (nSPS) is 12.2. The molecule has 0 bridgehead atoms. The third kappa shape index (κ3) is 2.63. The van der Waals surface area contributed by atoms with Crippen molar-refractivity contribution in [3.8, 4) is 0 Å². The van der Waals surface area contributed by atoms with Crippen LogP contribution in [0.3, 0.4) is 0 Å². The molecule has 1 aromatic carbocycles. The van der Waals surface area contributed by atoms with Crippen LogP contribution in [0.4, 0.5) is 0 Å². The molecular weight excluding hydrogens is 200 g/mol. The maximum Gasteiger partial charge on any atom is 0.313 e. The molecule has 88 valence electrons. The van der Waals surface area contributed by atoms with Crippen LogP contribution >= 0.6 is 0 Å². The van der Waals surface area contributed by atoms with Gasteiger partial charge in [-0.3, -0.25) is 4.79 Å². The van der Waals surface area contributed by atoms with E-state index in [1.54, 1.807) is 0 Å². The Bertz CT molecular complexity index is 369. The zero-order valence-electron chi connectivity index (χ0n) is 10.5. The van der Waals surface area contributed by atoms with Gasteiger partial charge in [-0.05, 0) is 30.9 Å². The molecule has 0 amide bonds. The summed E-state index contributed by atoms with van der Waals surface area (Å²) in [5.41, 5.74) is 3.60. The minimum atomic E-state index is -0.138. The molecule has 0 radical (unpaired) electrons. The molecule has 0 fully saturated rings. The van der Waals surface area contributed by atoms with E-state index in [0.29, 0.717) is 0 Å². The van der Waals surface area contributed by atoms with Crippen LogP contribution in [0.5, 0.6) is 0 Å². The predicted octanol–water partition coefficient (Wildman–Crippen LogP) is 3.22. The molecule has 0 aliphatic heterocycles. The van der Waals surface area contributed by atoms with Gasteiger partial charge in [0.25, 0.3) is 0 Å². The van der Waals surface area contributed by atoms with Gasteiger partial charge in [-0.1, -0.05) is 37.6 Å². The van der Waals surface area contributed by atoms with Crippen molar-refractivity contribution in [3.63, 3.8) is 0 Å². The van der Waals surface area contributed by atoms with Crippen molar-refractivity contribution in [2.75, 3.05) is 7.11 Å². The van der Waals surface area contributed by atoms with Gasteiger partial charge in [0.2, 0.25) is 0 Å². The molecule has 0 saturated carbocycles. The van der Waals surface area contributed by atoms with Gasteiger partial charge >= 0.3 is 5.97 Å². The number of hydrogen-bond donors (Lipinski definition) is 0. The maximum absolute atomic E-state index is 11.7. The maximum atomic E-state index is 11.7. The van der Waals surface area contributed by atoms with Crippen LogP contribution in [0.15, 0.2) is 18.2 Å². The van der Waals surface area contributed by atoms with Crippen molar-refractivity contribution in [3.05, 3.63) is 34.9 Å². The molecule has 0 saturated heterocycles. The second kappa shape index (κ2) is 5.69. The molecule has 0 N–H and O–H groups in total. The molecule has 1 aromatic rings. The smallest absolute Gasteiger partial charge is 0.313 e. The third-order valence-electron chi connectivity index (χ3n) is 2.95. The van der Waals surface area contributed by atoms with Gasteiger partial charge in [0.05, 0.1) is 13.0 Å². The number of methoxy groups -OCH3 is 1. The Hall–Kier alpha value is -1.31. The molecule has 1 rings (SSSR count). The van der Waals surface area contributed by atoms with E-state index in [-0.39, 0.29) is 11.9 Å². The number of ether oxygens (including phenoxy) is 1. The number of aryl methyl sites for hydroxylation is 2. The van der Waals surface area contributed by atoms with E-state index in [4.69, 9.17) is 4.74 Å². The summed E-state index contributed by atoms with van der Waals surface area (Å²) in [6, 6.07) is 6.26. The van der Waals surface area contributed by atoms with Crippen molar-refractivity contribution >= 4 is 5.97 Å². The Labute approximate surface area is 97.6 Å². The van der Waals surface area contributed by atoms with Gasteiger partial charge in [-0.15, -0.1) is 0 Å². The number of carbonyl (C=O) groups is 1. The standard InChI is InChI=1S/C14H20O2/c1-5-11-9-10(3)7-8-13(11)12(6-2)14(15)16-4/h7-9,12H,5-6H2,1-4H3. The van der Waals surface area contributed by atoms with E-state index in [1.165, 1.54) is 18.2 Å². The molecular formula is C14H20O2. The summed E-state index contributed by atoms with van der Waals surface area (Å²) < 4.78 is 4.85. The summed E-state index contributed by atoms with van der Waals surface area (Å²) in [5, 5.41) is 0. The lowest BCUT2D eigenvalue weighted by Gasteiger charge is -2.17. The van der Waals surface area contributed by atoms with Gasteiger partial charge in [0.15, 0.2) is 0 Å². The number of benzene rings is 1. The third-order valence-corrected chi connectivity index (χ3v) is 2.95. The second-order valence-corrected chi connectivity index (χ2v) is 4.04. The number of hydrogen-bond acceptors (Lipinski definition) is 2. The largest absolute Gasteiger partial charge is 0.469 e. The Kier molecular flexibility index (Phi) is 4.53. The van der Waals surface area contributed by atoms with Gasteiger partial charge < -0.3 is 4.74 Å². The Morgan fingerprint density at radius 3 is 2.56 bits per heavy atom. The molecule has 0 aromatic heterocycles. The Morgan fingerprint density at radius 2 is 2.06 bits per heavy atom. The molecule has 1 unspecified atom stereocenters. The zero-order chi connectivity index (χ0) is 12.1. The highest BCUT2D eigenvalue weighted by Crippen LogP contribution is 2.25. The minimum absolute atomic E-state index is 0.124. The van der Waals surface area contributed by atoms with Gasteiger partial charge in [-0.2, -0.15) is 0 Å². The molecule has 0 heterocycles. The lowest BCUT2D eigenvalue weighted by Crippen LogP contribution is -2.15. The van der Waals surface area contributed by atoms with Crippen LogP contribution in [-0.2, 0) is 16.0 Å². The first kappa shape index (κ1) is 12.8. The second-order valence-electron chi connectivity index (χ2n) is 4.04. The SMILES string of the molecule is CCc1cc(C)ccc1C(CC)C(=O)OC. The fourth-order valence-corrected chi connectivity index (χ4v) is 2.04. The fourth-order valence-electron chi connectivity index (χ4n) is 2.04. The Morgan fingerprint density at radius 1 is 1.38 bits per heavy atom. The van der Waals surface area contributed by atoms with Crippen molar-refractivity contribution < 1.29 is 9.53 Å². The van der Waals surface area contributed by atoms with Crippen LogP contribution in [0, 0.1) is 6.92 Å². The summed E-state index contributed by atoms with van der Waals surface area (Å²) in [5.74, 6) is -0.262. The first-order chi connectivity index (χ1) is 7.63. The highest BCUT2D eigenvalue weighted by Gasteiger charge is 2.21. The van der Waals surface area contributed by atoms with Crippen LogP contribution in [-0.4, -0.2) is 13.1 Å². The molecule has 2 heteroatoms. The summed E-state index contributed by atoms with van der Waals surface area (Å²) in [4.78, 5) is 11.7. The van der Waals surface area contributed by atoms with Crippen LogP contribution in [0.1, 0.15) is 42.9 Å². The first-order valence-corrected chi connectivity index (χ1v) is 5.81. The van der Waals surface area contributed by atoms with Crippen molar-refractivity contribution in [1.82, 2.24) is 0 Å². The monoisotopic (exact) mass is 220 g/mol. The van der Waals surface area contributed by atoms with Gasteiger partial charge in [0.1, 0.15) is 0 Å². The van der Waals surface area contributed by atoms with E-state index in [2.05, 4.69) is 32.0 Å². The highest BCUT2D eigenvalue weighted by molar-refractivity contribution is 5.78. The highest BCUT2D eigenvalue weighted by atomic mass is 16.5. The van der Waals surface area contributed by atoms with Crippen LogP contribution < -0.4 is 0 Å². The van der Waals surface area contributed by atoms with E-state index >= 15 is 0 Å². The number of carbonyl (C=O) groups excluding carboxylic acids is 1. The topological polar surface area (TPSA) is 26.3 Å². The average molecular weight is 220 g/mol. The number of esters is 1. The fraction of sp³-hybridized carbons (Fsp3) is 0.500. The first-order valence-electron chi connectivity index (χ1n) is 5.81. The lowest BCUT2D eigenvalue weighted by atomic mass is 9.90. The van der Waals surface area contributed by atoms with Gasteiger partial charge in [-0.25, -0.2) is 0 Å². The van der Waals surface area contributed by atoms with Gasteiger partial charge in [0, 0.05) is 0 Å². The van der Waals surface area contributed by atoms with Crippen molar-refractivity contribution in [1.29, 1.82) is 0 Å². The minimum Gasteiger partial charge on any atom is -0.469 e. The average Bonchev–Trinajstić information content (AvgIpc) is 2.31. The van der Waals surface area contributed by atoms with Crippen molar-refractivity contribution in [2.45, 2.75) is 39.5 Å². The molecule has 0 spiro atoms. The molecule has 1 atom stereocenters. The van der Waals surface area contributed by atoms with E-state index < -0.39 is 0 Å². The van der Waals surface area contributed by atoms with Crippen LogP contribution in [0.2, 0.25) is 0 Å². The summed E-state index contributed by atoms with van der Waals surface area (Å²) in [6.45, 7) is 6.20. The predicted molar refractivity (Wildman–Crippen MR) is 65.6 cm³/mol. The van der Waals surface area contributed by atoms with E-state index in [9.17, 15) is 4.79 Å². The molecule has 16 heavy (non-hydrogen) atoms. The summed E-state index contributed by atoms with van der Waals surface area (Å²) >= 11 is 0. The quantitative estimate of drug-likeness (QED) is 0.728.